The fraction of sp³-hybridized carbons (Fsp3) is 0.529. The van der Waals surface area contributed by atoms with Crippen molar-refractivity contribution in [2.45, 2.75) is 31.9 Å². The molecule has 1 saturated heterocycles. The van der Waals surface area contributed by atoms with Crippen LogP contribution in [0.2, 0.25) is 0 Å². The minimum absolute atomic E-state index is 0.206. The fourth-order valence-electron chi connectivity index (χ4n) is 2.67. The van der Waals surface area contributed by atoms with Crippen LogP contribution < -0.4 is 0 Å². The molecule has 1 aliphatic rings. The summed E-state index contributed by atoms with van der Waals surface area (Å²) in [6, 6.07) is 9.50. The Bertz CT molecular complexity index is 537. The molecule has 0 aliphatic carbocycles. The normalized spacial score (nSPS) is 19.8. The molecule has 0 saturated carbocycles. The summed E-state index contributed by atoms with van der Waals surface area (Å²) in [6.45, 7) is 2.82. The highest BCUT2D eigenvalue weighted by Crippen LogP contribution is 2.37. The van der Waals surface area contributed by atoms with E-state index >= 15 is 0 Å². The second kappa shape index (κ2) is 8.24. The largest absolute Gasteiger partial charge is 0.464 e. The number of carbonyl (C=O) groups excluding carboxylic acids is 2. The van der Waals surface area contributed by atoms with Crippen molar-refractivity contribution in [1.82, 2.24) is 4.90 Å². The maximum absolute atomic E-state index is 12.4. The smallest absolute Gasteiger partial charge is 0.411 e. The van der Waals surface area contributed by atoms with E-state index in [0.717, 1.165) is 11.3 Å². The number of esters is 1. The van der Waals surface area contributed by atoms with E-state index in [0.29, 0.717) is 26.0 Å². The number of benzene rings is 1. The highest BCUT2D eigenvalue weighted by atomic mass is 32.2. The van der Waals surface area contributed by atoms with Gasteiger partial charge in [-0.3, -0.25) is 4.90 Å². The Hall–Kier alpha value is -1.69. The predicted octanol–water partition coefficient (Wildman–Crippen LogP) is 3.08. The van der Waals surface area contributed by atoms with Crippen molar-refractivity contribution in [1.29, 1.82) is 0 Å². The lowest BCUT2D eigenvalue weighted by Gasteiger charge is -2.49. The van der Waals surface area contributed by atoms with Crippen molar-refractivity contribution in [2.75, 3.05) is 25.2 Å². The molecule has 1 atom stereocenters. The number of ether oxygens (including phenoxy) is 2. The van der Waals surface area contributed by atoms with E-state index in [-0.39, 0.29) is 12.6 Å². The molecule has 0 spiro atoms. The zero-order valence-corrected chi connectivity index (χ0v) is 14.4. The van der Waals surface area contributed by atoms with Gasteiger partial charge in [0.1, 0.15) is 12.1 Å². The highest BCUT2D eigenvalue weighted by molar-refractivity contribution is 7.98. The third-order valence-corrected chi connectivity index (χ3v) is 4.68. The molecular formula is C17H23NO4S. The van der Waals surface area contributed by atoms with E-state index in [9.17, 15) is 9.59 Å². The Morgan fingerprint density at radius 2 is 2.00 bits per heavy atom. The summed E-state index contributed by atoms with van der Waals surface area (Å²) in [6.07, 6.45) is 2.75. The standard InChI is InChI=1S/C17H23NO4S/c1-3-21-15(19)17(10-12-23-2)9-11-18(17)16(20)22-13-14-7-5-4-6-8-14/h4-8H,3,9-13H2,1-2H3/t17-/m0/s1. The average Bonchev–Trinajstić information content (AvgIpc) is 2.54. The molecule has 1 aliphatic heterocycles. The zero-order valence-electron chi connectivity index (χ0n) is 13.6. The molecule has 23 heavy (non-hydrogen) atoms. The highest BCUT2D eigenvalue weighted by Gasteiger charge is 2.54. The third kappa shape index (κ3) is 3.99. The minimum Gasteiger partial charge on any atom is -0.464 e. The quantitative estimate of drug-likeness (QED) is 0.716. The van der Waals surface area contributed by atoms with Gasteiger partial charge in [-0.15, -0.1) is 0 Å². The monoisotopic (exact) mass is 337 g/mol. The topological polar surface area (TPSA) is 55.8 Å². The molecule has 1 aromatic carbocycles. The molecule has 1 fully saturated rings. The van der Waals surface area contributed by atoms with Crippen LogP contribution in [0.25, 0.3) is 0 Å². The predicted molar refractivity (Wildman–Crippen MR) is 90.3 cm³/mol. The molecule has 0 unspecified atom stereocenters. The lowest BCUT2D eigenvalue weighted by atomic mass is 9.82. The van der Waals surface area contributed by atoms with Crippen LogP contribution in [0.5, 0.6) is 0 Å². The molecule has 126 valence electrons. The van der Waals surface area contributed by atoms with Crippen molar-refractivity contribution < 1.29 is 19.1 Å². The Labute approximate surface area is 141 Å². The Balaban J connectivity index is 2.01. The second-order valence-electron chi connectivity index (χ2n) is 5.44. The first kappa shape index (κ1) is 17.7. The molecule has 1 heterocycles. The second-order valence-corrected chi connectivity index (χ2v) is 6.42. The van der Waals surface area contributed by atoms with Gasteiger partial charge in [-0.05, 0) is 37.3 Å². The Morgan fingerprint density at radius 1 is 1.26 bits per heavy atom. The number of hydrogen-bond acceptors (Lipinski definition) is 5. The van der Waals surface area contributed by atoms with Crippen LogP contribution in [0.3, 0.4) is 0 Å². The number of carbonyl (C=O) groups is 2. The summed E-state index contributed by atoms with van der Waals surface area (Å²) >= 11 is 1.65. The molecule has 6 heteroatoms. The maximum Gasteiger partial charge on any atom is 0.411 e. The molecule has 0 aromatic heterocycles. The van der Waals surface area contributed by atoms with Crippen LogP contribution in [-0.4, -0.2) is 47.7 Å². The van der Waals surface area contributed by atoms with E-state index in [1.165, 1.54) is 4.90 Å². The van der Waals surface area contributed by atoms with Gasteiger partial charge in [0, 0.05) is 6.54 Å². The summed E-state index contributed by atoms with van der Waals surface area (Å²) in [5, 5.41) is 0. The third-order valence-electron chi connectivity index (χ3n) is 4.07. The van der Waals surface area contributed by atoms with E-state index in [2.05, 4.69) is 0 Å². The van der Waals surface area contributed by atoms with Crippen LogP contribution >= 0.6 is 11.8 Å². The minimum atomic E-state index is -0.854. The van der Waals surface area contributed by atoms with Gasteiger partial charge in [0.05, 0.1) is 6.61 Å². The summed E-state index contributed by atoms with van der Waals surface area (Å²) < 4.78 is 10.6. The molecule has 0 N–H and O–H groups in total. The number of thioether (sulfide) groups is 1. The molecule has 1 aromatic rings. The number of likely N-dealkylation sites (tertiary alicyclic amines) is 1. The fourth-order valence-corrected chi connectivity index (χ4v) is 3.21. The van der Waals surface area contributed by atoms with Crippen molar-refractivity contribution in [2.24, 2.45) is 0 Å². The van der Waals surface area contributed by atoms with Gasteiger partial charge in [-0.25, -0.2) is 9.59 Å². The van der Waals surface area contributed by atoms with E-state index < -0.39 is 11.6 Å². The molecule has 1 amide bonds. The molecular weight excluding hydrogens is 314 g/mol. The van der Waals surface area contributed by atoms with E-state index in [1.54, 1.807) is 18.7 Å². The summed E-state index contributed by atoms with van der Waals surface area (Å²) in [4.78, 5) is 26.3. The van der Waals surface area contributed by atoms with Gasteiger partial charge >= 0.3 is 12.1 Å². The van der Waals surface area contributed by atoms with Crippen molar-refractivity contribution in [3.63, 3.8) is 0 Å². The zero-order chi connectivity index (χ0) is 16.7. The first-order valence-corrected chi connectivity index (χ1v) is 9.18. The number of rotatable bonds is 7. The molecule has 2 rings (SSSR count). The summed E-state index contributed by atoms with van der Waals surface area (Å²) in [7, 11) is 0. The maximum atomic E-state index is 12.4. The van der Waals surface area contributed by atoms with E-state index in [1.807, 2.05) is 36.6 Å². The van der Waals surface area contributed by atoms with Gasteiger partial charge in [-0.1, -0.05) is 30.3 Å². The lowest BCUT2D eigenvalue weighted by molar-refractivity contribution is -0.165. The van der Waals surface area contributed by atoms with Gasteiger partial charge in [-0.2, -0.15) is 11.8 Å². The van der Waals surface area contributed by atoms with Gasteiger partial charge in [0.15, 0.2) is 0 Å². The lowest BCUT2D eigenvalue weighted by Crippen LogP contribution is -2.67. The average molecular weight is 337 g/mol. The van der Waals surface area contributed by atoms with Crippen LogP contribution in [-0.2, 0) is 20.9 Å². The summed E-state index contributed by atoms with van der Waals surface area (Å²) in [5.74, 6) is 0.471. The van der Waals surface area contributed by atoms with Crippen molar-refractivity contribution >= 4 is 23.8 Å². The van der Waals surface area contributed by atoms with Crippen molar-refractivity contribution in [3.8, 4) is 0 Å². The molecule has 0 bridgehead atoms. The van der Waals surface area contributed by atoms with Gasteiger partial charge < -0.3 is 9.47 Å². The Kier molecular flexibility index (Phi) is 6.33. The first-order valence-electron chi connectivity index (χ1n) is 7.78. The molecule has 5 nitrogen and oxygen atoms in total. The van der Waals surface area contributed by atoms with Crippen molar-refractivity contribution in [3.05, 3.63) is 35.9 Å². The van der Waals surface area contributed by atoms with E-state index in [4.69, 9.17) is 9.47 Å². The first-order chi connectivity index (χ1) is 11.1. The molecule has 0 radical (unpaired) electrons. The van der Waals surface area contributed by atoms with Gasteiger partial charge in [0.25, 0.3) is 0 Å². The van der Waals surface area contributed by atoms with Crippen LogP contribution in [0.4, 0.5) is 4.79 Å². The van der Waals surface area contributed by atoms with Crippen LogP contribution in [0.15, 0.2) is 30.3 Å². The number of nitrogens with zero attached hydrogens (tertiary/aromatic N) is 1. The van der Waals surface area contributed by atoms with Gasteiger partial charge in [0.2, 0.25) is 0 Å². The SMILES string of the molecule is CCOC(=O)[C@@]1(CCSC)CCN1C(=O)OCc1ccccc1. The number of amides is 1. The summed E-state index contributed by atoms with van der Waals surface area (Å²) in [5.41, 5.74) is 0.0690. The number of hydrogen-bond donors (Lipinski definition) is 0. The Morgan fingerprint density at radius 3 is 2.57 bits per heavy atom. The van der Waals surface area contributed by atoms with Crippen LogP contribution in [0, 0.1) is 0 Å². The van der Waals surface area contributed by atoms with Crippen LogP contribution in [0.1, 0.15) is 25.3 Å².